The fourth-order valence-electron chi connectivity index (χ4n) is 3.47. The van der Waals surface area contributed by atoms with Crippen LogP contribution in [0.4, 0.5) is 19.4 Å². The number of anilines is 1. The lowest BCUT2D eigenvalue weighted by Crippen LogP contribution is -2.35. The molecular formula is C23H23F2N4O7P. The van der Waals surface area contributed by atoms with Gasteiger partial charge in [-0.25, -0.2) is 28.4 Å². The van der Waals surface area contributed by atoms with Crippen LogP contribution in [0.25, 0.3) is 0 Å². The minimum atomic E-state index is -4.11. The second-order valence-electron chi connectivity index (χ2n) is 8.00. The highest BCUT2D eigenvalue weighted by atomic mass is 31.2. The number of aromatic nitrogens is 2. The Morgan fingerprint density at radius 1 is 1.16 bits per heavy atom. The molecule has 3 N–H and O–H groups in total. The summed E-state index contributed by atoms with van der Waals surface area (Å²) in [6.45, 7) is -0.580. The lowest BCUT2D eigenvalue weighted by Gasteiger charge is -2.20. The number of carbonyl (C=O) groups is 1. The Morgan fingerprint density at radius 3 is 2.51 bits per heavy atom. The molecule has 0 spiro atoms. The summed E-state index contributed by atoms with van der Waals surface area (Å²) in [6, 6.07) is 18.0. The van der Waals surface area contributed by atoms with E-state index in [2.05, 4.69) is 10.3 Å². The van der Waals surface area contributed by atoms with E-state index < -0.39 is 50.8 Å². The van der Waals surface area contributed by atoms with Gasteiger partial charge in [-0.15, -0.1) is 0 Å². The van der Waals surface area contributed by atoms with Gasteiger partial charge < -0.3 is 14.0 Å². The molecule has 1 saturated heterocycles. The smallest absolute Gasteiger partial charge is 0.444 e. The van der Waals surface area contributed by atoms with Gasteiger partial charge in [-0.05, 0) is 23.8 Å². The maximum atomic E-state index is 14.7. The molecule has 1 aliphatic rings. The van der Waals surface area contributed by atoms with Crippen LogP contribution in [0.2, 0.25) is 0 Å². The Morgan fingerprint density at radius 2 is 1.84 bits per heavy atom. The maximum Gasteiger partial charge on any atom is 0.456 e. The third-order valence-corrected chi connectivity index (χ3v) is 6.10. The van der Waals surface area contributed by atoms with Gasteiger partial charge in [0.15, 0.2) is 0 Å². The quantitative estimate of drug-likeness (QED) is 0.387. The molecule has 3 atom stereocenters. The molecule has 2 aromatic carbocycles. The number of amides is 1. The van der Waals surface area contributed by atoms with Crippen LogP contribution >= 0.6 is 7.75 Å². The number of halogens is 2. The summed E-state index contributed by atoms with van der Waals surface area (Å²) in [5.41, 5.74) is 5.19. The van der Waals surface area contributed by atoms with Gasteiger partial charge in [0.25, 0.3) is 5.92 Å². The van der Waals surface area contributed by atoms with E-state index in [9.17, 15) is 22.9 Å². The molecule has 0 aliphatic carbocycles. The van der Waals surface area contributed by atoms with Gasteiger partial charge >= 0.3 is 19.5 Å². The third-order valence-electron chi connectivity index (χ3n) is 5.12. The van der Waals surface area contributed by atoms with Crippen LogP contribution in [-0.4, -0.2) is 34.3 Å². The molecule has 2 heterocycles. The topological polar surface area (TPSA) is 144 Å². The van der Waals surface area contributed by atoms with Gasteiger partial charge in [-0.2, -0.15) is 4.98 Å². The fraction of sp³-hybridized carbons (Fsp3) is 0.261. The zero-order valence-corrected chi connectivity index (χ0v) is 20.1. The zero-order chi connectivity index (χ0) is 26.5. The number of nitrogens with one attached hydrogen (secondary N) is 1. The van der Waals surface area contributed by atoms with Gasteiger partial charge in [-0.1, -0.05) is 48.5 Å². The number of para-hydroxylation sites is 1. The standard InChI is InChI=1S/C23H23F2N4O7P/c24-23(25)13-18(15-34-37(26,32)36-17-9-5-2-6-10-17)35-20(23)29-12-11-19(27-21(29)30)28-22(31)33-14-16-7-3-1-4-8-16/h1-12,18,20H,13-15H2,(H2,26,32)(H,27,28,30,31). The highest BCUT2D eigenvalue weighted by molar-refractivity contribution is 7.51. The van der Waals surface area contributed by atoms with Crippen molar-refractivity contribution in [3.63, 3.8) is 0 Å². The molecule has 37 heavy (non-hydrogen) atoms. The monoisotopic (exact) mass is 536 g/mol. The molecule has 1 aliphatic heterocycles. The van der Waals surface area contributed by atoms with Crippen LogP contribution in [0, 0.1) is 0 Å². The van der Waals surface area contributed by atoms with Gasteiger partial charge in [0.05, 0.1) is 12.7 Å². The molecule has 1 amide bonds. The van der Waals surface area contributed by atoms with Gasteiger partial charge in [0.2, 0.25) is 6.23 Å². The third kappa shape index (κ3) is 7.20. The summed E-state index contributed by atoms with van der Waals surface area (Å²) in [6.07, 6.45) is -3.95. The maximum absolute atomic E-state index is 14.7. The Labute approximate surface area is 209 Å². The van der Waals surface area contributed by atoms with Crippen LogP contribution < -0.4 is 21.0 Å². The Balaban J connectivity index is 1.34. The second kappa shape index (κ2) is 11.2. The molecule has 0 bridgehead atoms. The van der Waals surface area contributed by atoms with Crippen LogP contribution in [0.3, 0.4) is 0 Å². The Bertz CT molecular complexity index is 1330. The number of alkyl halides is 2. The molecule has 0 saturated carbocycles. The number of rotatable bonds is 9. The van der Waals surface area contributed by atoms with E-state index in [1.807, 2.05) is 6.07 Å². The number of nitrogens with zero attached hydrogens (tertiary/aromatic N) is 2. The number of carbonyl (C=O) groups excluding carboxylic acids is 1. The van der Waals surface area contributed by atoms with Crippen molar-refractivity contribution < 1.29 is 36.7 Å². The van der Waals surface area contributed by atoms with E-state index >= 15 is 0 Å². The highest BCUT2D eigenvalue weighted by Gasteiger charge is 2.52. The highest BCUT2D eigenvalue weighted by Crippen LogP contribution is 2.45. The molecule has 4 rings (SSSR count). The molecule has 196 valence electrons. The largest absolute Gasteiger partial charge is 0.456 e. The lowest BCUT2D eigenvalue weighted by molar-refractivity contribution is -0.119. The summed E-state index contributed by atoms with van der Waals surface area (Å²) in [5.74, 6) is -3.50. The molecule has 1 fully saturated rings. The summed E-state index contributed by atoms with van der Waals surface area (Å²) >= 11 is 0. The first-order valence-electron chi connectivity index (χ1n) is 11.0. The first-order chi connectivity index (χ1) is 17.6. The first kappa shape index (κ1) is 26.4. The van der Waals surface area contributed by atoms with Gasteiger partial charge in [0.1, 0.15) is 18.2 Å². The van der Waals surface area contributed by atoms with Crippen molar-refractivity contribution in [1.82, 2.24) is 9.55 Å². The fourth-order valence-corrected chi connectivity index (χ4v) is 4.31. The predicted octanol–water partition coefficient (Wildman–Crippen LogP) is 4.08. The van der Waals surface area contributed by atoms with E-state index in [0.29, 0.717) is 4.57 Å². The van der Waals surface area contributed by atoms with E-state index in [4.69, 9.17) is 24.0 Å². The predicted molar refractivity (Wildman–Crippen MR) is 127 cm³/mol. The van der Waals surface area contributed by atoms with Crippen LogP contribution in [-0.2, 0) is 25.2 Å². The normalized spacial score (nSPS) is 20.1. The number of nitrogens with two attached hydrogens (primary N) is 1. The van der Waals surface area contributed by atoms with Crippen molar-refractivity contribution in [3.05, 3.63) is 89.0 Å². The summed E-state index contributed by atoms with van der Waals surface area (Å²) in [5, 5.41) is 2.26. The van der Waals surface area contributed by atoms with E-state index in [1.165, 1.54) is 12.1 Å². The van der Waals surface area contributed by atoms with Crippen molar-refractivity contribution in [2.75, 3.05) is 11.9 Å². The SMILES string of the molecule is NP(=O)(OCC1CC(F)(F)C(n2ccc(NC(=O)OCc3ccccc3)nc2=O)O1)Oc1ccccc1. The van der Waals surface area contributed by atoms with Gasteiger partial charge in [0, 0.05) is 12.6 Å². The lowest BCUT2D eigenvalue weighted by atomic mass is 10.2. The molecule has 0 radical (unpaired) electrons. The number of benzene rings is 2. The average Bonchev–Trinajstić information content (AvgIpc) is 3.16. The summed E-state index contributed by atoms with van der Waals surface area (Å²) in [4.78, 5) is 28.0. The molecule has 3 unspecified atom stereocenters. The van der Waals surface area contributed by atoms with Crippen LogP contribution in [0.15, 0.2) is 77.7 Å². The molecule has 1 aromatic heterocycles. The van der Waals surface area contributed by atoms with Crippen molar-refractivity contribution in [2.24, 2.45) is 5.50 Å². The zero-order valence-electron chi connectivity index (χ0n) is 19.2. The molecule has 11 nitrogen and oxygen atoms in total. The number of hydrogen-bond donors (Lipinski definition) is 2. The Kier molecular flexibility index (Phi) is 7.98. The van der Waals surface area contributed by atoms with Crippen LogP contribution in [0.5, 0.6) is 5.75 Å². The molecule has 14 heteroatoms. The minimum Gasteiger partial charge on any atom is -0.444 e. The number of ether oxygens (including phenoxy) is 2. The molecular weight excluding hydrogens is 513 g/mol. The van der Waals surface area contributed by atoms with Crippen molar-refractivity contribution in [1.29, 1.82) is 0 Å². The summed E-state index contributed by atoms with van der Waals surface area (Å²) < 4.78 is 62.7. The minimum absolute atomic E-state index is 0.0124. The van der Waals surface area contributed by atoms with E-state index in [0.717, 1.165) is 17.8 Å². The molecule has 3 aromatic rings. The van der Waals surface area contributed by atoms with Crippen LogP contribution in [0.1, 0.15) is 18.2 Å². The van der Waals surface area contributed by atoms with Crippen molar-refractivity contribution in [3.8, 4) is 5.75 Å². The van der Waals surface area contributed by atoms with Gasteiger partial charge in [-0.3, -0.25) is 14.4 Å². The van der Waals surface area contributed by atoms with E-state index in [1.54, 1.807) is 42.5 Å². The Hall–Kier alpha value is -3.64. The summed E-state index contributed by atoms with van der Waals surface area (Å²) in [7, 11) is -4.11. The van der Waals surface area contributed by atoms with Crippen molar-refractivity contribution >= 4 is 19.7 Å². The van der Waals surface area contributed by atoms with E-state index in [-0.39, 0.29) is 18.2 Å². The first-order valence-corrected chi connectivity index (χ1v) is 12.6. The number of hydrogen-bond acceptors (Lipinski definition) is 8. The van der Waals surface area contributed by atoms with Crippen molar-refractivity contribution in [2.45, 2.75) is 31.3 Å². The average molecular weight is 536 g/mol. The second-order valence-corrected chi connectivity index (χ2v) is 9.53.